The first-order chi connectivity index (χ1) is 10.2. The van der Waals surface area contributed by atoms with Crippen LogP contribution in [0.1, 0.15) is 24.5 Å². The summed E-state index contributed by atoms with van der Waals surface area (Å²) < 4.78 is 0. The summed E-state index contributed by atoms with van der Waals surface area (Å²) in [4.78, 5) is 8.45. The number of anilines is 3. The molecule has 0 amide bonds. The lowest BCUT2D eigenvalue weighted by Crippen LogP contribution is -2.28. The van der Waals surface area contributed by atoms with E-state index >= 15 is 0 Å². The molecule has 21 heavy (non-hydrogen) atoms. The normalized spacial score (nSPS) is 17.1. The number of hydrogen-bond donors (Lipinski definition) is 3. The van der Waals surface area contributed by atoms with Crippen molar-refractivity contribution in [3.63, 3.8) is 0 Å². The molecule has 0 fully saturated rings. The minimum absolute atomic E-state index is 0.298. The maximum absolute atomic E-state index is 5.77. The lowest BCUT2D eigenvalue weighted by molar-refractivity contribution is 0.609. The van der Waals surface area contributed by atoms with Gasteiger partial charge in [0.2, 0.25) is 5.95 Å². The van der Waals surface area contributed by atoms with Crippen LogP contribution in [0.25, 0.3) is 0 Å². The average molecular weight is 283 g/mol. The molecular weight excluding hydrogens is 262 g/mol. The molecular formula is C16H21N5. The first-order valence-corrected chi connectivity index (χ1v) is 7.46. The maximum Gasteiger partial charge on any atom is 0.223 e. The zero-order valence-corrected chi connectivity index (χ0v) is 12.3. The van der Waals surface area contributed by atoms with E-state index < -0.39 is 0 Å². The van der Waals surface area contributed by atoms with Gasteiger partial charge in [0, 0.05) is 18.7 Å². The molecule has 0 spiro atoms. The highest BCUT2D eigenvalue weighted by Crippen LogP contribution is 2.24. The van der Waals surface area contributed by atoms with Gasteiger partial charge in [-0.05, 0) is 37.3 Å². The number of nitrogens with one attached hydrogen (secondary N) is 2. The number of benzene rings is 1. The van der Waals surface area contributed by atoms with E-state index in [1.165, 1.54) is 11.1 Å². The highest BCUT2D eigenvalue weighted by Gasteiger charge is 2.18. The molecule has 1 aliphatic rings. The van der Waals surface area contributed by atoms with Crippen molar-refractivity contribution in [3.8, 4) is 0 Å². The van der Waals surface area contributed by atoms with Crippen LogP contribution < -0.4 is 16.4 Å². The Labute approximate surface area is 125 Å². The third-order valence-electron chi connectivity index (χ3n) is 3.80. The molecule has 3 rings (SSSR count). The van der Waals surface area contributed by atoms with E-state index in [1.54, 1.807) is 0 Å². The number of nitrogens with zero attached hydrogens (tertiary/aromatic N) is 2. The molecule has 1 unspecified atom stereocenters. The van der Waals surface area contributed by atoms with Crippen LogP contribution in [0.3, 0.4) is 0 Å². The summed E-state index contributed by atoms with van der Waals surface area (Å²) in [6.07, 6.45) is 3.24. The summed E-state index contributed by atoms with van der Waals surface area (Å²) >= 11 is 0. The van der Waals surface area contributed by atoms with Gasteiger partial charge in [-0.15, -0.1) is 0 Å². The Morgan fingerprint density at radius 1 is 1.19 bits per heavy atom. The summed E-state index contributed by atoms with van der Waals surface area (Å²) in [5.74, 6) is 1.86. The lowest BCUT2D eigenvalue weighted by Gasteiger charge is -2.26. The van der Waals surface area contributed by atoms with Gasteiger partial charge in [-0.2, -0.15) is 9.97 Å². The minimum Gasteiger partial charge on any atom is -0.370 e. The summed E-state index contributed by atoms with van der Waals surface area (Å²) in [6.45, 7) is 2.84. The van der Waals surface area contributed by atoms with Crippen LogP contribution in [0, 0.1) is 0 Å². The second-order valence-electron chi connectivity index (χ2n) is 5.38. The van der Waals surface area contributed by atoms with Gasteiger partial charge in [-0.1, -0.05) is 24.3 Å². The van der Waals surface area contributed by atoms with Crippen LogP contribution in [0.4, 0.5) is 17.6 Å². The summed E-state index contributed by atoms with van der Waals surface area (Å²) in [7, 11) is 0. The smallest absolute Gasteiger partial charge is 0.223 e. The van der Waals surface area contributed by atoms with Gasteiger partial charge in [-0.3, -0.25) is 0 Å². The van der Waals surface area contributed by atoms with Crippen molar-refractivity contribution in [1.29, 1.82) is 0 Å². The van der Waals surface area contributed by atoms with Crippen molar-refractivity contribution in [2.24, 2.45) is 0 Å². The minimum atomic E-state index is 0.298. The molecule has 110 valence electrons. The van der Waals surface area contributed by atoms with Gasteiger partial charge < -0.3 is 16.4 Å². The van der Waals surface area contributed by atoms with E-state index in [2.05, 4.69) is 44.9 Å². The standard InChI is InChI=1S/C16H21N5/c1-2-18-14-10-15(21-16(17)20-14)19-13-8-7-11-5-3-4-6-12(11)9-13/h3-6,10,13H,2,7-9H2,1H3,(H4,17,18,19,20,21). The van der Waals surface area contributed by atoms with Gasteiger partial charge >= 0.3 is 0 Å². The van der Waals surface area contributed by atoms with Crippen LogP contribution in [0.2, 0.25) is 0 Å². The first kappa shape index (κ1) is 13.7. The zero-order chi connectivity index (χ0) is 14.7. The molecule has 5 nitrogen and oxygen atoms in total. The molecule has 1 aliphatic carbocycles. The molecule has 0 aliphatic heterocycles. The van der Waals surface area contributed by atoms with Crippen molar-refractivity contribution < 1.29 is 0 Å². The molecule has 2 aromatic rings. The zero-order valence-electron chi connectivity index (χ0n) is 12.3. The molecule has 1 heterocycles. The number of aromatic nitrogens is 2. The number of hydrogen-bond acceptors (Lipinski definition) is 5. The molecule has 1 aromatic carbocycles. The van der Waals surface area contributed by atoms with Crippen LogP contribution in [0.5, 0.6) is 0 Å². The molecule has 1 aromatic heterocycles. The number of nitrogens with two attached hydrogens (primary N) is 1. The van der Waals surface area contributed by atoms with E-state index in [1.807, 2.05) is 13.0 Å². The van der Waals surface area contributed by atoms with Gasteiger partial charge in [-0.25, -0.2) is 0 Å². The molecule has 5 heteroatoms. The van der Waals surface area contributed by atoms with Gasteiger partial charge in [0.05, 0.1) is 0 Å². The third-order valence-corrected chi connectivity index (χ3v) is 3.80. The Hall–Kier alpha value is -2.30. The van der Waals surface area contributed by atoms with Crippen LogP contribution >= 0.6 is 0 Å². The summed E-state index contributed by atoms with van der Waals surface area (Å²) in [5, 5.41) is 6.66. The SMILES string of the molecule is CCNc1cc(NC2CCc3ccccc3C2)nc(N)n1. The Balaban J connectivity index is 1.73. The molecule has 0 saturated carbocycles. The Kier molecular flexibility index (Phi) is 3.90. The van der Waals surface area contributed by atoms with Crippen molar-refractivity contribution in [2.75, 3.05) is 22.9 Å². The van der Waals surface area contributed by atoms with Crippen molar-refractivity contribution >= 4 is 17.6 Å². The van der Waals surface area contributed by atoms with E-state index in [0.29, 0.717) is 12.0 Å². The predicted molar refractivity (Wildman–Crippen MR) is 86.5 cm³/mol. The first-order valence-electron chi connectivity index (χ1n) is 7.46. The fourth-order valence-corrected chi connectivity index (χ4v) is 2.84. The highest BCUT2D eigenvalue weighted by atomic mass is 15.1. The number of aryl methyl sites for hydroxylation is 1. The number of rotatable bonds is 4. The topological polar surface area (TPSA) is 75.9 Å². The molecule has 1 atom stereocenters. The fourth-order valence-electron chi connectivity index (χ4n) is 2.84. The Bertz CT molecular complexity index is 626. The van der Waals surface area contributed by atoms with Crippen LogP contribution in [0.15, 0.2) is 30.3 Å². The van der Waals surface area contributed by atoms with Gasteiger partial charge in [0.25, 0.3) is 0 Å². The van der Waals surface area contributed by atoms with E-state index in [-0.39, 0.29) is 0 Å². The second kappa shape index (κ2) is 5.99. The number of fused-ring (bicyclic) bond motifs is 1. The van der Waals surface area contributed by atoms with Gasteiger partial charge in [0.15, 0.2) is 0 Å². The Morgan fingerprint density at radius 3 is 2.76 bits per heavy atom. The summed E-state index contributed by atoms with van der Waals surface area (Å²) in [6, 6.07) is 11.0. The van der Waals surface area contributed by atoms with E-state index in [4.69, 9.17) is 5.73 Å². The van der Waals surface area contributed by atoms with E-state index in [9.17, 15) is 0 Å². The fraction of sp³-hybridized carbons (Fsp3) is 0.375. The molecule has 4 N–H and O–H groups in total. The largest absolute Gasteiger partial charge is 0.370 e. The predicted octanol–water partition coefficient (Wildman–Crippen LogP) is 2.46. The molecule has 0 radical (unpaired) electrons. The molecule has 0 saturated heterocycles. The maximum atomic E-state index is 5.77. The monoisotopic (exact) mass is 283 g/mol. The number of nitrogen functional groups attached to an aromatic ring is 1. The summed E-state index contributed by atoms with van der Waals surface area (Å²) in [5.41, 5.74) is 8.66. The van der Waals surface area contributed by atoms with Crippen LogP contribution in [-0.2, 0) is 12.8 Å². The Morgan fingerprint density at radius 2 is 1.95 bits per heavy atom. The van der Waals surface area contributed by atoms with Crippen molar-refractivity contribution in [2.45, 2.75) is 32.2 Å². The van der Waals surface area contributed by atoms with Gasteiger partial charge in [0.1, 0.15) is 11.6 Å². The third kappa shape index (κ3) is 3.24. The molecule has 0 bridgehead atoms. The van der Waals surface area contributed by atoms with Crippen molar-refractivity contribution in [1.82, 2.24) is 9.97 Å². The quantitative estimate of drug-likeness (QED) is 0.803. The van der Waals surface area contributed by atoms with Crippen molar-refractivity contribution in [3.05, 3.63) is 41.5 Å². The lowest BCUT2D eigenvalue weighted by atomic mass is 9.88. The van der Waals surface area contributed by atoms with Crippen LogP contribution in [-0.4, -0.2) is 22.6 Å². The van der Waals surface area contributed by atoms with E-state index in [0.717, 1.165) is 37.4 Å². The highest BCUT2D eigenvalue weighted by molar-refractivity contribution is 5.51. The second-order valence-corrected chi connectivity index (χ2v) is 5.38. The average Bonchev–Trinajstić information content (AvgIpc) is 2.47.